The van der Waals surface area contributed by atoms with Crippen molar-refractivity contribution in [2.24, 2.45) is 0 Å². The van der Waals surface area contributed by atoms with Gasteiger partial charge in [-0.1, -0.05) is 17.7 Å². The molecule has 1 aromatic carbocycles. The first-order chi connectivity index (χ1) is 8.63. The third kappa shape index (κ3) is 2.24. The van der Waals surface area contributed by atoms with Crippen LogP contribution in [0, 0.1) is 24.1 Å². The zero-order chi connectivity index (χ0) is 13.1. The van der Waals surface area contributed by atoms with E-state index in [4.69, 9.17) is 21.6 Å². The molecule has 0 N–H and O–H groups in total. The van der Waals surface area contributed by atoms with Crippen LogP contribution in [0.4, 0.5) is 4.39 Å². The molecule has 0 amide bonds. The molecule has 90 valence electrons. The Kier molecular flexibility index (Phi) is 3.40. The molecule has 0 aliphatic carbocycles. The first kappa shape index (κ1) is 12.3. The van der Waals surface area contributed by atoms with Crippen LogP contribution in [-0.2, 0) is 0 Å². The van der Waals surface area contributed by atoms with Crippen LogP contribution in [0.5, 0.6) is 11.6 Å². The van der Waals surface area contributed by atoms with Gasteiger partial charge in [0.1, 0.15) is 34.7 Å². The van der Waals surface area contributed by atoms with Crippen LogP contribution in [0.25, 0.3) is 0 Å². The summed E-state index contributed by atoms with van der Waals surface area (Å²) >= 11 is 5.81. The number of hydrogen-bond donors (Lipinski definition) is 0. The molecular weight excluding hydrogens is 257 g/mol. The molecule has 1 heterocycles. The number of benzene rings is 1. The summed E-state index contributed by atoms with van der Waals surface area (Å²) in [5.41, 5.74) is 0.346. The molecule has 6 heteroatoms. The Morgan fingerprint density at radius 2 is 2.17 bits per heavy atom. The predicted molar refractivity (Wildman–Crippen MR) is 63.0 cm³/mol. The van der Waals surface area contributed by atoms with Crippen molar-refractivity contribution in [2.75, 3.05) is 0 Å². The van der Waals surface area contributed by atoms with Gasteiger partial charge in [0, 0.05) is 5.56 Å². The van der Waals surface area contributed by atoms with E-state index in [0.717, 1.165) is 0 Å². The number of nitrogens with zero attached hydrogens (tertiary/aromatic N) is 3. The number of aromatic nitrogens is 2. The molecule has 2 rings (SSSR count). The van der Waals surface area contributed by atoms with Crippen molar-refractivity contribution in [3.63, 3.8) is 0 Å². The number of halogens is 2. The molecule has 0 aliphatic rings. The number of ether oxygens (including phenoxy) is 1. The zero-order valence-corrected chi connectivity index (χ0v) is 10.1. The van der Waals surface area contributed by atoms with Crippen LogP contribution in [0.15, 0.2) is 24.5 Å². The van der Waals surface area contributed by atoms with Gasteiger partial charge in [0.25, 0.3) is 0 Å². The number of hydrogen-bond acceptors (Lipinski definition) is 4. The van der Waals surface area contributed by atoms with Gasteiger partial charge in [0.2, 0.25) is 5.88 Å². The smallest absolute Gasteiger partial charge is 0.226 e. The van der Waals surface area contributed by atoms with Crippen LogP contribution in [0.3, 0.4) is 0 Å². The van der Waals surface area contributed by atoms with Gasteiger partial charge in [-0.15, -0.1) is 0 Å². The summed E-state index contributed by atoms with van der Waals surface area (Å²) in [5.74, 6) is -0.361. The lowest BCUT2D eigenvalue weighted by Gasteiger charge is -2.09. The topological polar surface area (TPSA) is 58.8 Å². The van der Waals surface area contributed by atoms with Gasteiger partial charge in [-0.2, -0.15) is 5.26 Å². The minimum Gasteiger partial charge on any atom is -0.437 e. The number of rotatable bonds is 2. The second-order valence-corrected chi connectivity index (χ2v) is 3.78. The second kappa shape index (κ2) is 4.98. The van der Waals surface area contributed by atoms with E-state index >= 15 is 0 Å². The Bertz CT molecular complexity index is 640. The average molecular weight is 264 g/mol. The third-order valence-corrected chi connectivity index (χ3v) is 2.65. The molecule has 0 saturated carbocycles. The van der Waals surface area contributed by atoms with Crippen molar-refractivity contribution in [3.8, 4) is 17.7 Å². The monoisotopic (exact) mass is 263 g/mol. The zero-order valence-electron chi connectivity index (χ0n) is 9.32. The molecule has 1 aromatic heterocycles. The molecule has 0 spiro atoms. The highest BCUT2D eigenvalue weighted by molar-refractivity contribution is 6.30. The van der Waals surface area contributed by atoms with Crippen molar-refractivity contribution in [2.45, 2.75) is 6.92 Å². The fourth-order valence-corrected chi connectivity index (χ4v) is 1.44. The molecule has 0 atom stereocenters. The lowest BCUT2D eigenvalue weighted by molar-refractivity contribution is 0.451. The number of nitriles is 1. The molecule has 4 nitrogen and oxygen atoms in total. The van der Waals surface area contributed by atoms with E-state index in [-0.39, 0.29) is 22.3 Å². The predicted octanol–water partition coefficient (Wildman–Crippen LogP) is 3.24. The standard InChI is InChI=1S/C12H7ClFN3O/c1-7-11(13)16-6-17-12(7)18-10-4-2-3-9(14)8(10)5-15/h2-4,6H,1H3. The maximum absolute atomic E-state index is 13.4. The minimum atomic E-state index is -0.646. The molecule has 2 aromatic rings. The Morgan fingerprint density at radius 1 is 1.39 bits per heavy atom. The molecule has 0 saturated heterocycles. The summed E-state index contributed by atoms with van der Waals surface area (Å²) in [4.78, 5) is 7.67. The SMILES string of the molecule is Cc1c(Cl)ncnc1Oc1cccc(F)c1C#N. The highest BCUT2D eigenvalue weighted by Crippen LogP contribution is 2.29. The molecule has 0 aliphatic heterocycles. The van der Waals surface area contributed by atoms with E-state index in [1.165, 1.54) is 24.5 Å². The fraction of sp³-hybridized carbons (Fsp3) is 0.0833. The third-order valence-electron chi connectivity index (χ3n) is 2.27. The fourth-order valence-electron chi connectivity index (χ4n) is 1.32. The van der Waals surface area contributed by atoms with Gasteiger partial charge in [-0.3, -0.25) is 0 Å². The van der Waals surface area contributed by atoms with Crippen molar-refractivity contribution in [1.29, 1.82) is 5.26 Å². The maximum Gasteiger partial charge on any atom is 0.226 e. The highest BCUT2D eigenvalue weighted by atomic mass is 35.5. The largest absolute Gasteiger partial charge is 0.437 e. The van der Waals surface area contributed by atoms with Gasteiger partial charge in [0.05, 0.1) is 0 Å². The van der Waals surface area contributed by atoms with Gasteiger partial charge >= 0.3 is 0 Å². The van der Waals surface area contributed by atoms with Crippen LogP contribution in [-0.4, -0.2) is 9.97 Å². The van der Waals surface area contributed by atoms with Crippen LogP contribution < -0.4 is 4.74 Å². The minimum absolute atomic E-state index is 0.0929. The van der Waals surface area contributed by atoms with Crippen molar-refractivity contribution in [3.05, 3.63) is 46.6 Å². The van der Waals surface area contributed by atoms with E-state index in [2.05, 4.69) is 9.97 Å². The summed E-state index contributed by atoms with van der Waals surface area (Å²) < 4.78 is 18.8. The quantitative estimate of drug-likeness (QED) is 0.781. The average Bonchev–Trinajstić information content (AvgIpc) is 2.35. The second-order valence-electron chi connectivity index (χ2n) is 3.42. The van der Waals surface area contributed by atoms with Crippen molar-refractivity contribution < 1.29 is 9.13 Å². The van der Waals surface area contributed by atoms with Crippen molar-refractivity contribution >= 4 is 11.6 Å². The maximum atomic E-state index is 13.4. The summed E-state index contributed by atoms with van der Waals surface area (Å²) in [6.07, 6.45) is 1.23. The van der Waals surface area contributed by atoms with E-state index in [0.29, 0.717) is 5.56 Å². The Labute approximate surface area is 108 Å². The Balaban J connectivity index is 2.44. The van der Waals surface area contributed by atoms with Crippen LogP contribution in [0.1, 0.15) is 11.1 Å². The van der Waals surface area contributed by atoms with Gasteiger partial charge in [0.15, 0.2) is 0 Å². The Morgan fingerprint density at radius 3 is 2.89 bits per heavy atom. The van der Waals surface area contributed by atoms with E-state index in [9.17, 15) is 4.39 Å². The van der Waals surface area contributed by atoms with E-state index in [1.807, 2.05) is 0 Å². The van der Waals surface area contributed by atoms with Crippen molar-refractivity contribution in [1.82, 2.24) is 9.97 Å². The normalized spacial score (nSPS) is 9.89. The lowest BCUT2D eigenvalue weighted by Crippen LogP contribution is -1.96. The highest BCUT2D eigenvalue weighted by Gasteiger charge is 2.13. The Hall–Kier alpha value is -2.19. The van der Waals surface area contributed by atoms with E-state index in [1.54, 1.807) is 13.0 Å². The van der Waals surface area contributed by atoms with Gasteiger partial charge < -0.3 is 4.74 Å². The first-order valence-electron chi connectivity index (χ1n) is 4.97. The van der Waals surface area contributed by atoms with E-state index < -0.39 is 5.82 Å². The summed E-state index contributed by atoms with van der Waals surface area (Å²) in [6.45, 7) is 1.67. The summed E-state index contributed by atoms with van der Waals surface area (Å²) in [7, 11) is 0. The molecule has 0 fully saturated rings. The van der Waals surface area contributed by atoms with Crippen LogP contribution >= 0.6 is 11.6 Å². The molecule has 0 unspecified atom stereocenters. The van der Waals surface area contributed by atoms with Gasteiger partial charge in [-0.05, 0) is 19.1 Å². The summed E-state index contributed by atoms with van der Waals surface area (Å²) in [6, 6.07) is 5.86. The molecule has 0 bridgehead atoms. The molecular formula is C12H7ClFN3O. The van der Waals surface area contributed by atoms with Gasteiger partial charge in [-0.25, -0.2) is 14.4 Å². The first-order valence-corrected chi connectivity index (χ1v) is 5.35. The molecule has 0 radical (unpaired) electrons. The van der Waals surface area contributed by atoms with Crippen LogP contribution in [0.2, 0.25) is 5.15 Å². The lowest BCUT2D eigenvalue weighted by atomic mass is 10.2. The summed E-state index contributed by atoms with van der Waals surface area (Å²) in [5, 5.41) is 9.12. The molecule has 18 heavy (non-hydrogen) atoms.